The summed E-state index contributed by atoms with van der Waals surface area (Å²) in [4.78, 5) is 29.4. The molecule has 2 atom stereocenters. The molecule has 37 heavy (non-hydrogen) atoms. The Bertz CT molecular complexity index is 1120. The molecule has 9 heteroatoms. The van der Waals surface area contributed by atoms with Crippen molar-refractivity contribution >= 4 is 12.1 Å². The molecule has 2 heterocycles. The molecular weight excluding hydrogens is 481 g/mol. The van der Waals surface area contributed by atoms with Crippen molar-refractivity contribution < 1.29 is 22.8 Å². The van der Waals surface area contributed by atoms with Crippen LogP contribution in [-0.2, 0) is 0 Å². The number of rotatable bonds is 7. The lowest BCUT2D eigenvalue weighted by Gasteiger charge is -2.40. The molecule has 2 aromatic carbocycles. The van der Waals surface area contributed by atoms with E-state index in [9.17, 15) is 22.8 Å². The summed E-state index contributed by atoms with van der Waals surface area (Å²) in [5.41, 5.74) is 1.61. The van der Waals surface area contributed by atoms with Gasteiger partial charge in [-0.3, -0.25) is 0 Å². The first-order chi connectivity index (χ1) is 17.9. The van der Waals surface area contributed by atoms with Crippen LogP contribution in [0.2, 0.25) is 0 Å². The first kappa shape index (κ1) is 25.6. The maximum absolute atomic E-state index is 14.1. The number of urea groups is 2. The van der Waals surface area contributed by atoms with Gasteiger partial charge in [0, 0.05) is 19.0 Å². The van der Waals surface area contributed by atoms with Crippen molar-refractivity contribution in [3.63, 3.8) is 0 Å². The SMILES string of the molecule is O=C(NCCCN1CCC(c2ccc(F)cc2)CC1)N1C(=O)NC[C@@H](C2CC2)[C@@H]1c1ccc(F)c(F)c1. The average Bonchev–Trinajstić information content (AvgIpc) is 3.74. The molecule has 2 aliphatic heterocycles. The van der Waals surface area contributed by atoms with E-state index in [1.807, 2.05) is 12.1 Å². The van der Waals surface area contributed by atoms with Gasteiger partial charge in [0.2, 0.25) is 0 Å². The molecule has 1 saturated carbocycles. The van der Waals surface area contributed by atoms with Gasteiger partial charge in [-0.15, -0.1) is 0 Å². The molecule has 198 valence electrons. The van der Waals surface area contributed by atoms with E-state index in [1.165, 1.54) is 23.8 Å². The highest BCUT2D eigenvalue weighted by atomic mass is 19.2. The topological polar surface area (TPSA) is 64.7 Å². The highest BCUT2D eigenvalue weighted by Crippen LogP contribution is 2.46. The molecule has 0 aromatic heterocycles. The second kappa shape index (κ2) is 11.1. The summed E-state index contributed by atoms with van der Waals surface area (Å²) in [6, 6.07) is 8.69. The number of hydrogen-bond acceptors (Lipinski definition) is 3. The van der Waals surface area contributed by atoms with E-state index in [0.29, 0.717) is 30.5 Å². The molecule has 2 aromatic rings. The van der Waals surface area contributed by atoms with Gasteiger partial charge in [0.15, 0.2) is 11.6 Å². The third kappa shape index (κ3) is 5.92. The van der Waals surface area contributed by atoms with Gasteiger partial charge < -0.3 is 15.5 Å². The van der Waals surface area contributed by atoms with Gasteiger partial charge in [0.05, 0.1) is 6.04 Å². The van der Waals surface area contributed by atoms with E-state index < -0.39 is 29.7 Å². The van der Waals surface area contributed by atoms with E-state index in [2.05, 4.69) is 15.5 Å². The maximum atomic E-state index is 14.1. The highest BCUT2D eigenvalue weighted by molar-refractivity contribution is 5.94. The zero-order valence-corrected chi connectivity index (χ0v) is 20.8. The number of nitrogens with one attached hydrogen (secondary N) is 2. The minimum absolute atomic E-state index is 0.0456. The Labute approximate surface area is 215 Å². The van der Waals surface area contributed by atoms with Crippen molar-refractivity contribution in [1.82, 2.24) is 20.4 Å². The third-order valence-corrected chi connectivity index (χ3v) is 7.98. The monoisotopic (exact) mass is 514 g/mol. The van der Waals surface area contributed by atoms with Gasteiger partial charge in [-0.25, -0.2) is 27.7 Å². The number of imide groups is 1. The van der Waals surface area contributed by atoms with Crippen LogP contribution >= 0.6 is 0 Å². The van der Waals surface area contributed by atoms with E-state index in [0.717, 1.165) is 68.8 Å². The van der Waals surface area contributed by atoms with Crippen molar-refractivity contribution in [3.8, 4) is 0 Å². The largest absolute Gasteiger partial charge is 0.338 e. The first-order valence-corrected chi connectivity index (χ1v) is 13.2. The number of likely N-dealkylation sites (tertiary alicyclic amines) is 1. The normalized spacial score (nSPS) is 23.1. The van der Waals surface area contributed by atoms with Gasteiger partial charge in [-0.1, -0.05) is 18.2 Å². The summed E-state index contributed by atoms with van der Waals surface area (Å²) in [6.07, 6.45) is 4.72. The maximum Gasteiger partial charge on any atom is 0.326 e. The molecule has 5 rings (SSSR count). The molecule has 3 fully saturated rings. The molecule has 0 unspecified atom stereocenters. The quantitative estimate of drug-likeness (QED) is 0.501. The number of carbonyl (C=O) groups is 2. The Hall–Kier alpha value is -3.07. The van der Waals surface area contributed by atoms with E-state index in [4.69, 9.17) is 0 Å². The summed E-state index contributed by atoms with van der Waals surface area (Å²) < 4.78 is 40.8. The van der Waals surface area contributed by atoms with Gasteiger partial charge in [0.25, 0.3) is 0 Å². The zero-order valence-electron chi connectivity index (χ0n) is 20.8. The Morgan fingerprint density at radius 3 is 2.32 bits per heavy atom. The van der Waals surface area contributed by atoms with Crippen LogP contribution in [-0.4, -0.2) is 54.6 Å². The van der Waals surface area contributed by atoms with Crippen molar-refractivity contribution in [2.45, 2.75) is 44.1 Å². The van der Waals surface area contributed by atoms with Crippen LogP contribution < -0.4 is 10.6 Å². The molecule has 2 N–H and O–H groups in total. The molecule has 4 amide bonds. The first-order valence-electron chi connectivity index (χ1n) is 13.2. The Kier molecular flexibility index (Phi) is 7.69. The lowest BCUT2D eigenvalue weighted by molar-refractivity contribution is 0.122. The lowest BCUT2D eigenvalue weighted by atomic mass is 9.86. The van der Waals surface area contributed by atoms with E-state index in [1.54, 1.807) is 0 Å². The number of halogens is 3. The third-order valence-electron chi connectivity index (χ3n) is 7.98. The van der Waals surface area contributed by atoms with Crippen molar-refractivity contribution in [3.05, 3.63) is 71.0 Å². The second-order valence-electron chi connectivity index (χ2n) is 10.4. The average molecular weight is 515 g/mol. The smallest absolute Gasteiger partial charge is 0.326 e. The number of amides is 4. The number of benzene rings is 2. The molecule has 3 aliphatic rings. The van der Waals surface area contributed by atoms with Crippen LogP contribution in [0.25, 0.3) is 0 Å². The van der Waals surface area contributed by atoms with E-state index >= 15 is 0 Å². The highest BCUT2D eigenvalue weighted by Gasteiger charge is 2.46. The van der Waals surface area contributed by atoms with Crippen molar-refractivity contribution in [2.24, 2.45) is 11.8 Å². The molecule has 0 radical (unpaired) electrons. The molecule has 6 nitrogen and oxygen atoms in total. The van der Waals surface area contributed by atoms with Crippen LogP contribution in [0.3, 0.4) is 0 Å². The van der Waals surface area contributed by atoms with Crippen LogP contribution in [0.5, 0.6) is 0 Å². The number of carbonyl (C=O) groups excluding carboxylic acids is 2. The molecular formula is C28H33F3N4O2. The molecule has 0 spiro atoms. The van der Waals surface area contributed by atoms with Crippen LogP contribution in [0.1, 0.15) is 55.2 Å². The van der Waals surface area contributed by atoms with Crippen LogP contribution in [0.4, 0.5) is 22.8 Å². The number of piperidine rings is 1. The zero-order chi connectivity index (χ0) is 25.9. The Balaban J connectivity index is 1.14. The Morgan fingerprint density at radius 1 is 0.946 bits per heavy atom. The standard InChI is InChI=1S/C28H33F3N4O2/c29-22-7-4-18(5-8-22)19-10-14-34(15-11-19)13-1-12-32-27(36)35-26(21-6-9-24(30)25(31)16-21)23(20-2-3-20)17-33-28(35)37/h4-9,16,19-20,23,26H,1-3,10-15,17H2,(H,32,36)(H,33,37)/t23-,26-/m0/s1. The number of hydrogen-bond donors (Lipinski definition) is 2. The number of nitrogens with zero attached hydrogens (tertiary/aromatic N) is 2. The molecule has 0 bridgehead atoms. The van der Waals surface area contributed by atoms with Gasteiger partial charge in [-0.05, 0) is 99.0 Å². The fraction of sp³-hybridized carbons (Fsp3) is 0.500. The fourth-order valence-corrected chi connectivity index (χ4v) is 5.79. The summed E-state index contributed by atoms with van der Waals surface area (Å²) in [5, 5.41) is 5.67. The summed E-state index contributed by atoms with van der Waals surface area (Å²) in [6.45, 7) is 3.50. The van der Waals surface area contributed by atoms with Gasteiger partial charge in [-0.2, -0.15) is 0 Å². The summed E-state index contributed by atoms with van der Waals surface area (Å²) >= 11 is 0. The van der Waals surface area contributed by atoms with E-state index in [-0.39, 0.29) is 11.7 Å². The lowest BCUT2D eigenvalue weighted by Crippen LogP contribution is -2.58. The fourth-order valence-electron chi connectivity index (χ4n) is 5.79. The summed E-state index contributed by atoms with van der Waals surface area (Å²) in [5.74, 6) is -1.43. The molecule has 2 saturated heterocycles. The van der Waals surface area contributed by atoms with Crippen LogP contribution in [0.15, 0.2) is 42.5 Å². The minimum atomic E-state index is -0.985. The molecule has 1 aliphatic carbocycles. The van der Waals surface area contributed by atoms with Crippen molar-refractivity contribution in [2.75, 3.05) is 32.7 Å². The summed E-state index contributed by atoms with van der Waals surface area (Å²) in [7, 11) is 0. The minimum Gasteiger partial charge on any atom is -0.338 e. The predicted octanol–water partition coefficient (Wildman–Crippen LogP) is 5.18. The van der Waals surface area contributed by atoms with Crippen molar-refractivity contribution in [1.29, 1.82) is 0 Å². The van der Waals surface area contributed by atoms with Gasteiger partial charge >= 0.3 is 12.1 Å². The predicted molar refractivity (Wildman–Crippen MR) is 133 cm³/mol. The van der Waals surface area contributed by atoms with Gasteiger partial charge in [0.1, 0.15) is 5.82 Å². The second-order valence-corrected chi connectivity index (χ2v) is 10.4. The Morgan fingerprint density at radius 2 is 1.65 bits per heavy atom. The van der Waals surface area contributed by atoms with Crippen LogP contribution in [0, 0.1) is 29.3 Å².